The van der Waals surface area contributed by atoms with Crippen molar-refractivity contribution >= 4 is 10.2 Å². The molecule has 0 saturated heterocycles. The molecule has 104 valence electrons. The molecule has 0 aliphatic carbocycles. The fourth-order valence-corrected chi connectivity index (χ4v) is 3.53. The molecule has 0 radical (unpaired) electrons. The molecule has 0 rings (SSSR count). The minimum atomic E-state index is -3.51. The second kappa shape index (κ2) is 5.65. The van der Waals surface area contributed by atoms with Crippen molar-refractivity contribution in [2.45, 2.75) is 59.0 Å². The lowest BCUT2D eigenvalue weighted by atomic mass is 10.1. The van der Waals surface area contributed by atoms with Crippen LogP contribution < -0.4 is 10.5 Å². The number of nitrogens with one attached hydrogen (secondary N) is 1. The van der Waals surface area contributed by atoms with Crippen molar-refractivity contribution in [1.29, 1.82) is 0 Å². The first-order chi connectivity index (χ1) is 7.46. The zero-order valence-corrected chi connectivity index (χ0v) is 12.7. The van der Waals surface area contributed by atoms with E-state index in [9.17, 15) is 8.42 Å². The molecule has 0 heterocycles. The third-order valence-electron chi connectivity index (χ3n) is 2.33. The van der Waals surface area contributed by atoms with Crippen LogP contribution in [0.2, 0.25) is 0 Å². The average Bonchev–Trinajstić information content (AvgIpc) is 2.09. The number of rotatable bonds is 6. The summed E-state index contributed by atoms with van der Waals surface area (Å²) < 4.78 is 28.7. The Morgan fingerprint density at radius 2 is 1.65 bits per heavy atom. The van der Waals surface area contributed by atoms with Gasteiger partial charge in [0.15, 0.2) is 0 Å². The van der Waals surface area contributed by atoms with Gasteiger partial charge in [-0.05, 0) is 41.0 Å². The van der Waals surface area contributed by atoms with Gasteiger partial charge >= 0.3 is 0 Å². The van der Waals surface area contributed by atoms with Crippen molar-refractivity contribution in [3.8, 4) is 0 Å². The first-order valence-electron chi connectivity index (χ1n) is 5.98. The zero-order chi connectivity index (χ0) is 13.9. The highest BCUT2D eigenvalue weighted by molar-refractivity contribution is 7.87. The van der Waals surface area contributed by atoms with Crippen molar-refractivity contribution in [1.82, 2.24) is 9.03 Å². The van der Waals surface area contributed by atoms with Crippen LogP contribution in [0, 0.1) is 0 Å². The quantitative estimate of drug-likeness (QED) is 0.754. The van der Waals surface area contributed by atoms with E-state index in [1.165, 1.54) is 4.31 Å². The largest absolute Gasteiger partial charge is 0.329 e. The van der Waals surface area contributed by atoms with Crippen LogP contribution in [-0.2, 0) is 10.2 Å². The van der Waals surface area contributed by atoms with E-state index in [2.05, 4.69) is 4.72 Å². The van der Waals surface area contributed by atoms with Gasteiger partial charge in [-0.2, -0.15) is 17.4 Å². The fourth-order valence-electron chi connectivity index (χ4n) is 1.50. The Bertz CT molecular complexity index is 331. The Morgan fingerprint density at radius 3 is 1.94 bits per heavy atom. The molecule has 0 aromatic rings. The summed E-state index contributed by atoms with van der Waals surface area (Å²) in [4.78, 5) is 0. The van der Waals surface area contributed by atoms with Crippen molar-refractivity contribution in [2.75, 3.05) is 13.1 Å². The van der Waals surface area contributed by atoms with Crippen LogP contribution in [0.3, 0.4) is 0 Å². The van der Waals surface area contributed by atoms with E-state index >= 15 is 0 Å². The van der Waals surface area contributed by atoms with E-state index in [0.717, 1.165) is 6.42 Å². The lowest BCUT2D eigenvalue weighted by Crippen LogP contribution is -2.58. The van der Waals surface area contributed by atoms with E-state index in [1.807, 2.05) is 41.5 Å². The molecular formula is C11H27N3O2S. The second-order valence-corrected chi connectivity index (χ2v) is 7.54. The smallest absolute Gasteiger partial charge is 0.280 e. The Kier molecular flexibility index (Phi) is 5.59. The Hall–Kier alpha value is -0.170. The predicted octanol–water partition coefficient (Wildman–Crippen LogP) is 1.07. The van der Waals surface area contributed by atoms with Gasteiger partial charge in [-0.1, -0.05) is 6.92 Å². The first kappa shape index (κ1) is 16.8. The third-order valence-corrected chi connectivity index (χ3v) is 4.45. The molecule has 0 atom stereocenters. The average molecular weight is 265 g/mol. The summed E-state index contributed by atoms with van der Waals surface area (Å²) in [5.41, 5.74) is 4.60. The van der Waals surface area contributed by atoms with Gasteiger partial charge in [0, 0.05) is 24.2 Å². The van der Waals surface area contributed by atoms with E-state index in [4.69, 9.17) is 5.73 Å². The molecule has 0 aliphatic rings. The molecule has 6 heteroatoms. The number of hydrogen-bond acceptors (Lipinski definition) is 3. The predicted molar refractivity (Wildman–Crippen MR) is 71.9 cm³/mol. The molecular weight excluding hydrogens is 238 g/mol. The normalized spacial score (nSPS) is 14.4. The Balaban J connectivity index is 5.20. The van der Waals surface area contributed by atoms with Crippen LogP contribution in [0.25, 0.3) is 0 Å². The van der Waals surface area contributed by atoms with Gasteiger partial charge in [0.1, 0.15) is 0 Å². The van der Waals surface area contributed by atoms with Gasteiger partial charge in [0.05, 0.1) is 0 Å². The Morgan fingerprint density at radius 1 is 1.18 bits per heavy atom. The minimum absolute atomic E-state index is 0.290. The highest BCUT2D eigenvalue weighted by atomic mass is 32.2. The number of nitrogens with zero attached hydrogens (tertiary/aromatic N) is 1. The van der Waals surface area contributed by atoms with Gasteiger partial charge in [-0.3, -0.25) is 0 Å². The zero-order valence-electron chi connectivity index (χ0n) is 11.9. The maximum absolute atomic E-state index is 12.3. The molecule has 0 unspecified atom stereocenters. The second-order valence-electron chi connectivity index (χ2n) is 5.95. The van der Waals surface area contributed by atoms with Crippen LogP contribution in [0.1, 0.15) is 48.0 Å². The van der Waals surface area contributed by atoms with Gasteiger partial charge < -0.3 is 5.73 Å². The Labute approximate surface area is 106 Å². The number of hydrogen-bond donors (Lipinski definition) is 2. The molecule has 3 N–H and O–H groups in total. The summed E-state index contributed by atoms with van der Waals surface area (Å²) in [6, 6.07) is 0. The molecule has 0 amide bonds. The lowest BCUT2D eigenvalue weighted by Gasteiger charge is -2.38. The van der Waals surface area contributed by atoms with Gasteiger partial charge in [-0.15, -0.1) is 0 Å². The molecule has 0 aromatic heterocycles. The molecule has 0 fully saturated rings. The topological polar surface area (TPSA) is 75.4 Å². The molecule has 17 heavy (non-hydrogen) atoms. The molecule has 0 spiro atoms. The third kappa shape index (κ3) is 5.33. The van der Waals surface area contributed by atoms with Crippen molar-refractivity contribution in [2.24, 2.45) is 5.73 Å². The van der Waals surface area contributed by atoms with Crippen molar-refractivity contribution in [3.05, 3.63) is 0 Å². The van der Waals surface area contributed by atoms with Crippen LogP contribution in [0.5, 0.6) is 0 Å². The summed E-state index contributed by atoms with van der Waals surface area (Å²) >= 11 is 0. The van der Waals surface area contributed by atoms with E-state index in [1.54, 1.807) is 0 Å². The standard InChI is InChI=1S/C11H27N3O2S/c1-7-8-14(11(5,6)9-12)17(15,16)13-10(2,3)4/h13H,7-9,12H2,1-6H3. The highest BCUT2D eigenvalue weighted by Crippen LogP contribution is 2.19. The van der Waals surface area contributed by atoms with Crippen molar-refractivity contribution in [3.63, 3.8) is 0 Å². The van der Waals surface area contributed by atoms with E-state index < -0.39 is 21.3 Å². The summed E-state index contributed by atoms with van der Waals surface area (Å²) in [5.74, 6) is 0. The summed E-state index contributed by atoms with van der Waals surface area (Å²) in [5, 5.41) is 0. The monoisotopic (exact) mass is 265 g/mol. The summed E-state index contributed by atoms with van der Waals surface area (Å²) in [6.07, 6.45) is 0.758. The molecule has 0 bridgehead atoms. The molecule has 0 saturated carbocycles. The van der Waals surface area contributed by atoms with Gasteiger partial charge in [0.25, 0.3) is 10.2 Å². The van der Waals surface area contributed by atoms with Gasteiger partial charge in [0.2, 0.25) is 0 Å². The first-order valence-corrected chi connectivity index (χ1v) is 7.42. The lowest BCUT2D eigenvalue weighted by molar-refractivity contribution is 0.228. The van der Waals surface area contributed by atoms with Crippen LogP contribution in [0.15, 0.2) is 0 Å². The van der Waals surface area contributed by atoms with E-state index in [-0.39, 0.29) is 6.54 Å². The van der Waals surface area contributed by atoms with Gasteiger partial charge in [-0.25, -0.2) is 0 Å². The maximum Gasteiger partial charge on any atom is 0.280 e. The van der Waals surface area contributed by atoms with Crippen LogP contribution in [-0.4, -0.2) is 36.9 Å². The molecule has 5 nitrogen and oxygen atoms in total. The molecule has 0 aromatic carbocycles. The number of nitrogens with two attached hydrogens (primary N) is 1. The van der Waals surface area contributed by atoms with Crippen molar-refractivity contribution < 1.29 is 8.42 Å². The van der Waals surface area contributed by atoms with E-state index in [0.29, 0.717) is 6.54 Å². The SMILES string of the molecule is CCCN(C(C)(C)CN)S(=O)(=O)NC(C)(C)C. The maximum atomic E-state index is 12.3. The molecule has 0 aliphatic heterocycles. The van der Waals surface area contributed by atoms with Crippen LogP contribution in [0.4, 0.5) is 0 Å². The minimum Gasteiger partial charge on any atom is -0.329 e. The fraction of sp³-hybridized carbons (Fsp3) is 1.00. The van der Waals surface area contributed by atoms with Crippen LogP contribution >= 0.6 is 0 Å². The highest BCUT2D eigenvalue weighted by Gasteiger charge is 2.36. The summed E-state index contributed by atoms with van der Waals surface area (Å²) in [7, 11) is -3.51. The summed E-state index contributed by atoms with van der Waals surface area (Å²) in [6.45, 7) is 11.9.